The maximum absolute atomic E-state index is 13.2. The Labute approximate surface area is 117 Å². The predicted octanol–water partition coefficient (Wildman–Crippen LogP) is 1.98. The highest BCUT2D eigenvalue weighted by Gasteiger charge is 2.25. The number of halogens is 1. The van der Waals surface area contributed by atoms with Crippen molar-refractivity contribution in [2.45, 2.75) is 19.4 Å². The van der Waals surface area contributed by atoms with Crippen LogP contribution in [0.5, 0.6) is 0 Å². The zero-order valence-corrected chi connectivity index (χ0v) is 11.6. The number of rotatable bonds is 4. The molecule has 0 radical (unpaired) electrons. The van der Waals surface area contributed by atoms with E-state index in [1.165, 1.54) is 12.1 Å². The second-order valence-corrected chi connectivity index (χ2v) is 4.70. The summed E-state index contributed by atoms with van der Waals surface area (Å²) in [6.45, 7) is 2.89. The summed E-state index contributed by atoms with van der Waals surface area (Å²) in [5, 5.41) is 6.69. The number of carbonyl (C=O) groups is 1. The zero-order chi connectivity index (χ0) is 14.5. The summed E-state index contributed by atoms with van der Waals surface area (Å²) in [6, 6.07) is 6.11. The predicted molar refractivity (Wildman–Crippen MR) is 74.1 cm³/mol. The highest BCUT2D eigenvalue weighted by atomic mass is 19.1. The Morgan fingerprint density at radius 3 is 3.10 bits per heavy atom. The normalized spacial score (nSPS) is 17.4. The topological polar surface area (TPSA) is 53.9 Å². The largest absolute Gasteiger partial charge is 0.390 e. The molecular weight excluding hydrogens is 261 g/mol. The molecule has 1 N–H and O–H groups in total. The second-order valence-electron chi connectivity index (χ2n) is 4.70. The Hall–Kier alpha value is -2.11. The molecule has 1 aromatic carbocycles. The Bertz CT molecular complexity index is 519. The summed E-state index contributed by atoms with van der Waals surface area (Å²) in [4.78, 5) is 18.5. The van der Waals surface area contributed by atoms with Crippen molar-refractivity contribution in [3.05, 3.63) is 35.6 Å². The van der Waals surface area contributed by atoms with Gasteiger partial charge in [-0.15, -0.1) is 0 Å². The molecular formula is C14H18FN3O2. The van der Waals surface area contributed by atoms with Crippen LogP contribution in [0.2, 0.25) is 0 Å². The van der Waals surface area contributed by atoms with Crippen LogP contribution < -0.4 is 5.32 Å². The molecule has 1 aliphatic heterocycles. The van der Waals surface area contributed by atoms with E-state index in [0.29, 0.717) is 30.8 Å². The molecule has 0 aliphatic carbocycles. The van der Waals surface area contributed by atoms with Gasteiger partial charge in [-0.25, -0.2) is 9.18 Å². The molecule has 108 valence electrons. The van der Waals surface area contributed by atoms with Gasteiger partial charge in [-0.3, -0.25) is 0 Å². The van der Waals surface area contributed by atoms with Crippen LogP contribution in [0.15, 0.2) is 29.4 Å². The minimum Gasteiger partial charge on any atom is -0.390 e. The third-order valence-electron chi connectivity index (χ3n) is 3.04. The summed E-state index contributed by atoms with van der Waals surface area (Å²) in [7, 11) is 1.70. The third kappa shape index (κ3) is 3.46. The van der Waals surface area contributed by atoms with Crippen molar-refractivity contribution in [2.75, 3.05) is 20.1 Å². The van der Waals surface area contributed by atoms with Gasteiger partial charge in [0.15, 0.2) is 6.10 Å². The molecule has 5 nitrogen and oxygen atoms in total. The molecule has 0 spiro atoms. The van der Waals surface area contributed by atoms with Crippen LogP contribution in [-0.2, 0) is 4.84 Å². The minimum absolute atomic E-state index is 0.143. The van der Waals surface area contributed by atoms with E-state index in [1.54, 1.807) is 24.1 Å². The Kier molecular flexibility index (Phi) is 4.55. The lowest BCUT2D eigenvalue weighted by Crippen LogP contribution is -2.41. The van der Waals surface area contributed by atoms with E-state index in [0.717, 1.165) is 0 Å². The summed E-state index contributed by atoms with van der Waals surface area (Å²) < 4.78 is 13.2. The molecule has 1 unspecified atom stereocenters. The number of amides is 2. The number of nitrogens with one attached hydrogen (secondary N) is 1. The average molecular weight is 279 g/mol. The first-order valence-corrected chi connectivity index (χ1v) is 6.57. The van der Waals surface area contributed by atoms with Crippen molar-refractivity contribution < 1.29 is 14.0 Å². The fourth-order valence-corrected chi connectivity index (χ4v) is 2.04. The fraction of sp³-hybridized carbons (Fsp3) is 0.429. The van der Waals surface area contributed by atoms with E-state index >= 15 is 0 Å². The van der Waals surface area contributed by atoms with E-state index in [2.05, 4.69) is 10.5 Å². The van der Waals surface area contributed by atoms with Gasteiger partial charge in [-0.1, -0.05) is 17.3 Å². The van der Waals surface area contributed by atoms with Gasteiger partial charge in [0.05, 0.1) is 12.3 Å². The SMILES string of the molecule is CCNC(=O)N(C)CC1CC(c2cccc(F)c2)=NO1. The molecule has 1 atom stereocenters. The van der Waals surface area contributed by atoms with Gasteiger partial charge < -0.3 is 15.1 Å². The van der Waals surface area contributed by atoms with Crippen LogP contribution in [0.25, 0.3) is 0 Å². The number of oxime groups is 1. The first kappa shape index (κ1) is 14.3. The number of likely N-dealkylation sites (N-methyl/N-ethyl adjacent to an activating group) is 1. The van der Waals surface area contributed by atoms with Gasteiger partial charge in [-0.2, -0.15) is 0 Å². The lowest BCUT2D eigenvalue weighted by molar-refractivity contribution is 0.0657. The molecule has 6 heteroatoms. The first-order chi connectivity index (χ1) is 9.60. The molecule has 0 saturated carbocycles. The van der Waals surface area contributed by atoms with Crippen molar-refractivity contribution in [1.29, 1.82) is 0 Å². The van der Waals surface area contributed by atoms with Gasteiger partial charge in [0.2, 0.25) is 0 Å². The zero-order valence-electron chi connectivity index (χ0n) is 11.6. The van der Waals surface area contributed by atoms with E-state index < -0.39 is 0 Å². The van der Waals surface area contributed by atoms with Gasteiger partial charge in [0.1, 0.15) is 5.82 Å². The van der Waals surface area contributed by atoms with Crippen LogP contribution in [0, 0.1) is 5.82 Å². The van der Waals surface area contributed by atoms with Crippen LogP contribution >= 0.6 is 0 Å². The Morgan fingerprint density at radius 1 is 1.60 bits per heavy atom. The standard InChI is InChI=1S/C14H18FN3O2/c1-3-16-14(19)18(2)9-12-8-13(17-20-12)10-5-4-6-11(15)7-10/h4-7,12H,3,8-9H2,1-2H3,(H,16,19). The summed E-state index contributed by atoms with van der Waals surface area (Å²) in [6.07, 6.45) is 0.369. The number of hydrogen-bond acceptors (Lipinski definition) is 3. The van der Waals surface area contributed by atoms with E-state index in [9.17, 15) is 9.18 Å². The molecule has 0 aromatic heterocycles. The minimum atomic E-state index is -0.298. The molecule has 1 heterocycles. The number of benzene rings is 1. The molecule has 0 bridgehead atoms. The second kappa shape index (κ2) is 6.36. The van der Waals surface area contributed by atoms with Gasteiger partial charge in [-0.05, 0) is 19.1 Å². The monoisotopic (exact) mass is 279 g/mol. The summed E-state index contributed by atoms with van der Waals surface area (Å²) >= 11 is 0. The maximum atomic E-state index is 13.2. The van der Waals surface area contributed by atoms with Gasteiger partial charge in [0.25, 0.3) is 0 Å². The van der Waals surface area contributed by atoms with Crippen molar-refractivity contribution in [3.8, 4) is 0 Å². The van der Waals surface area contributed by atoms with Crippen molar-refractivity contribution in [1.82, 2.24) is 10.2 Å². The highest BCUT2D eigenvalue weighted by molar-refractivity contribution is 6.01. The van der Waals surface area contributed by atoms with Crippen LogP contribution in [0.4, 0.5) is 9.18 Å². The quantitative estimate of drug-likeness (QED) is 0.916. The lowest BCUT2D eigenvalue weighted by atomic mass is 10.0. The van der Waals surface area contributed by atoms with Crippen molar-refractivity contribution >= 4 is 11.7 Å². The molecule has 0 fully saturated rings. The van der Waals surface area contributed by atoms with Crippen LogP contribution in [0.3, 0.4) is 0 Å². The molecule has 20 heavy (non-hydrogen) atoms. The third-order valence-corrected chi connectivity index (χ3v) is 3.04. The van der Waals surface area contributed by atoms with Crippen molar-refractivity contribution in [2.24, 2.45) is 5.16 Å². The molecule has 2 rings (SSSR count). The number of urea groups is 1. The summed E-state index contributed by atoms with van der Waals surface area (Å²) in [5.74, 6) is -0.298. The van der Waals surface area contributed by atoms with Gasteiger partial charge in [0, 0.05) is 25.6 Å². The van der Waals surface area contributed by atoms with Gasteiger partial charge >= 0.3 is 6.03 Å². The smallest absolute Gasteiger partial charge is 0.317 e. The number of hydrogen-bond donors (Lipinski definition) is 1. The van der Waals surface area contributed by atoms with E-state index in [4.69, 9.17) is 4.84 Å². The van der Waals surface area contributed by atoms with Crippen molar-refractivity contribution in [3.63, 3.8) is 0 Å². The number of nitrogens with zero attached hydrogens (tertiary/aromatic N) is 2. The molecule has 1 aliphatic rings. The maximum Gasteiger partial charge on any atom is 0.317 e. The fourth-order valence-electron chi connectivity index (χ4n) is 2.04. The summed E-state index contributed by atoms with van der Waals surface area (Å²) in [5.41, 5.74) is 1.42. The first-order valence-electron chi connectivity index (χ1n) is 6.57. The highest BCUT2D eigenvalue weighted by Crippen LogP contribution is 2.18. The molecule has 1 aromatic rings. The van der Waals surface area contributed by atoms with E-state index in [1.807, 2.05) is 6.92 Å². The lowest BCUT2D eigenvalue weighted by Gasteiger charge is -2.19. The van der Waals surface area contributed by atoms with E-state index in [-0.39, 0.29) is 18.0 Å². The Morgan fingerprint density at radius 2 is 2.40 bits per heavy atom. The number of carbonyl (C=O) groups excluding carboxylic acids is 1. The molecule has 0 saturated heterocycles. The molecule has 2 amide bonds. The average Bonchev–Trinajstić information content (AvgIpc) is 2.87. The van der Waals surface area contributed by atoms with Crippen LogP contribution in [0.1, 0.15) is 18.9 Å². The van der Waals surface area contributed by atoms with Crippen LogP contribution in [-0.4, -0.2) is 42.9 Å². The Balaban J connectivity index is 1.90.